The minimum Gasteiger partial charge on any atom is -0.447 e. The van der Waals surface area contributed by atoms with Gasteiger partial charge < -0.3 is 9.32 Å². The Kier molecular flexibility index (Phi) is 8.43. The molecule has 5 rings (SSSR count). The van der Waals surface area contributed by atoms with Crippen molar-refractivity contribution in [1.29, 1.82) is 0 Å². The highest BCUT2D eigenvalue weighted by molar-refractivity contribution is 7.90. The molecule has 4 aliphatic rings. The maximum absolute atomic E-state index is 13.8. The zero-order chi connectivity index (χ0) is 27.9. The Labute approximate surface area is 233 Å². The maximum Gasteiger partial charge on any atom is 0.276 e. The lowest BCUT2D eigenvalue weighted by Gasteiger charge is -2.41. The van der Waals surface area contributed by atoms with Crippen molar-refractivity contribution < 1.29 is 22.4 Å². The predicted octanol–water partition coefficient (Wildman–Crippen LogP) is 4.58. The minimum atomic E-state index is -3.79. The van der Waals surface area contributed by atoms with Gasteiger partial charge in [-0.15, -0.1) is 0 Å². The van der Waals surface area contributed by atoms with Gasteiger partial charge in [-0.25, -0.2) is 17.7 Å². The molecular weight excluding hydrogens is 516 g/mol. The van der Waals surface area contributed by atoms with E-state index in [0.29, 0.717) is 37.5 Å². The summed E-state index contributed by atoms with van der Waals surface area (Å²) in [5.74, 6) is -0.756. The largest absolute Gasteiger partial charge is 0.447 e. The van der Waals surface area contributed by atoms with E-state index < -0.39 is 33.3 Å². The van der Waals surface area contributed by atoms with Crippen LogP contribution in [0.4, 0.5) is 0 Å². The number of likely N-dealkylation sites (tertiary alicyclic amines) is 1. The predicted molar refractivity (Wildman–Crippen MR) is 148 cm³/mol. The third-order valence-electron chi connectivity index (χ3n) is 9.62. The fourth-order valence-electron chi connectivity index (χ4n) is 7.57. The lowest BCUT2D eigenvalue weighted by atomic mass is 9.88. The van der Waals surface area contributed by atoms with Crippen molar-refractivity contribution in [3.05, 3.63) is 17.8 Å². The second kappa shape index (κ2) is 11.5. The van der Waals surface area contributed by atoms with E-state index in [1.807, 2.05) is 13.8 Å². The Morgan fingerprint density at radius 3 is 2.13 bits per heavy atom. The molecular formula is C29H46N4O5S. The monoisotopic (exact) mass is 562 g/mol. The van der Waals surface area contributed by atoms with Gasteiger partial charge in [0.25, 0.3) is 5.91 Å². The van der Waals surface area contributed by atoms with Crippen molar-refractivity contribution >= 4 is 21.8 Å². The van der Waals surface area contributed by atoms with E-state index in [9.17, 15) is 18.0 Å². The number of nitrogens with zero attached hydrogens (tertiary/aromatic N) is 4. The first-order valence-electron chi connectivity index (χ1n) is 15.2. The molecule has 1 aromatic rings. The Bertz CT molecular complexity index is 1120. The molecule has 3 heterocycles. The van der Waals surface area contributed by atoms with Crippen LogP contribution in [0.15, 0.2) is 10.7 Å². The molecule has 0 unspecified atom stereocenters. The summed E-state index contributed by atoms with van der Waals surface area (Å²) in [4.78, 5) is 36.1. The van der Waals surface area contributed by atoms with Crippen LogP contribution < -0.4 is 0 Å². The van der Waals surface area contributed by atoms with E-state index in [1.165, 1.54) is 70.5 Å². The summed E-state index contributed by atoms with van der Waals surface area (Å²) in [6.45, 7) is 8.05. The number of sulfonamides is 1. The highest BCUT2D eigenvalue weighted by atomic mass is 32.2. The van der Waals surface area contributed by atoms with Crippen LogP contribution in [0, 0.1) is 11.8 Å². The minimum absolute atomic E-state index is 0.0989. The maximum atomic E-state index is 13.8. The first kappa shape index (κ1) is 28.6. The summed E-state index contributed by atoms with van der Waals surface area (Å²) in [6.07, 6.45) is 14.4. The van der Waals surface area contributed by atoms with E-state index in [2.05, 4.69) is 9.88 Å². The van der Waals surface area contributed by atoms with Crippen LogP contribution in [0.1, 0.15) is 115 Å². The number of aromatic nitrogens is 1. The molecule has 0 spiro atoms. The van der Waals surface area contributed by atoms with Gasteiger partial charge in [-0.2, -0.15) is 0 Å². The zero-order valence-electron chi connectivity index (χ0n) is 24.0. The number of fused-ring (bicyclic) bond motifs is 1. The van der Waals surface area contributed by atoms with Crippen molar-refractivity contribution in [2.24, 2.45) is 11.8 Å². The van der Waals surface area contributed by atoms with Gasteiger partial charge in [0.2, 0.25) is 21.8 Å². The second-order valence-corrected chi connectivity index (χ2v) is 15.1. The van der Waals surface area contributed by atoms with Crippen molar-refractivity contribution in [3.8, 4) is 0 Å². The Balaban J connectivity index is 1.35. The number of carbonyl (C=O) groups excluding carboxylic acids is 2. The van der Waals surface area contributed by atoms with Crippen LogP contribution >= 0.6 is 0 Å². The van der Waals surface area contributed by atoms with E-state index in [0.717, 1.165) is 4.31 Å². The second-order valence-electron chi connectivity index (χ2n) is 12.7. The quantitative estimate of drug-likeness (QED) is 0.457. The molecule has 3 atom stereocenters. The number of amides is 2. The Morgan fingerprint density at radius 1 is 1.00 bits per heavy atom. The third-order valence-corrected chi connectivity index (χ3v) is 11.8. The van der Waals surface area contributed by atoms with Gasteiger partial charge in [-0.1, -0.05) is 52.4 Å². The first-order valence-corrected chi connectivity index (χ1v) is 16.7. The van der Waals surface area contributed by atoms with Crippen LogP contribution in [0.3, 0.4) is 0 Å². The summed E-state index contributed by atoms with van der Waals surface area (Å²) < 4.78 is 33.3. The molecule has 10 heteroatoms. The average Bonchev–Trinajstić information content (AvgIpc) is 3.62. The van der Waals surface area contributed by atoms with E-state index in [-0.39, 0.29) is 23.4 Å². The number of carbonyl (C=O) groups is 2. The molecule has 0 aromatic carbocycles. The van der Waals surface area contributed by atoms with E-state index in [4.69, 9.17) is 4.42 Å². The number of hydrogen-bond donors (Lipinski definition) is 0. The lowest BCUT2D eigenvalue weighted by molar-refractivity contribution is -0.129. The van der Waals surface area contributed by atoms with Crippen LogP contribution in [0.25, 0.3) is 0 Å². The summed E-state index contributed by atoms with van der Waals surface area (Å²) in [6, 6.07) is 0.0650. The van der Waals surface area contributed by atoms with Crippen LogP contribution in [-0.2, 0) is 21.4 Å². The van der Waals surface area contributed by atoms with Crippen LogP contribution in [0.2, 0.25) is 0 Å². The molecule has 39 heavy (non-hydrogen) atoms. The first-order chi connectivity index (χ1) is 18.6. The van der Waals surface area contributed by atoms with Gasteiger partial charge in [0.1, 0.15) is 6.26 Å². The lowest BCUT2D eigenvalue weighted by Crippen LogP contribution is -2.45. The number of rotatable bonds is 8. The van der Waals surface area contributed by atoms with Crippen molar-refractivity contribution in [2.75, 3.05) is 6.54 Å². The highest BCUT2D eigenvalue weighted by Crippen LogP contribution is 2.42. The highest BCUT2D eigenvalue weighted by Gasteiger charge is 2.59. The molecule has 9 nitrogen and oxygen atoms in total. The molecule has 2 aliphatic carbocycles. The van der Waals surface area contributed by atoms with Gasteiger partial charge in [0.15, 0.2) is 5.69 Å². The molecule has 0 bridgehead atoms. The summed E-state index contributed by atoms with van der Waals surface area (Å²) >= 11 is 0. The fraction of sp³-hybridized carbons (Fsp3) is 0.828. The zero-order valence-corrected chi connectivity index (χ0v) is 24.9. The molecule has 0 radical (unpaired) electrons. The van der Waals surface area contributed by atoms with Crippen molar-refractivity contribution in [1.82, 2.24) is 19.1 Å². The van der Waals surface area contributed by atoms with Crippen molar-refractivity contribution in [3.63, 3.8) is 0 Å². The van der Waals surface area contributed by atoms with Crippen molar-refractivity contribution in [2.45, 2.75) is 134 Å². The number of oxazole rings is 1. The third kappa shape index (κ3) is 5.39. The van der Waals surface area contributed by atoms with Crippen LogP contribution in [-0.4, -0.2) is 75.3 Å². The van der Waals surface area contributed by atoms with Gasteiger partial charge in [-0.3, -0.25) is 14.5 Å². The van der Waals surface area contributed by atoms with Gasteiger partial charge in [0.05, 0.1) is 29.8 Å². The summed E-state index contributed by atoms with van der Waals surface area (Å²) in [7, 11) is -3.79. The Hall–Kier alpha value is -1.94. The molecule has 0 N–H and O–H groups in total. The molecule has 1 aromatic heterocycles. The Morgan fingerprint density at radius 2 is 1.59 bits per heavy atom. The van der Waals surface area contributed by atoms with Gasteiger partial charge >= 0.3 is 0 Å². The fourth-order valence-corrected chi connectivity index (χ4v) is 9.00. The standard InChI is InChI=1S/C29H46N4O5S/c1-19(2)26-27-24(33(29(26)35)39(36,37)20(3)4)15-16-31(27)28(34)23-18-38-25(30-23)17-32(21-11-7-5-8-12-21)22-13-9-6-10-14-22/h18-22,24,26-27H,5-17H2,1-4H3/t24-,26+,27-/m1/s1. The van der Waals surface area contributed by atoms with Gasteiger partial charge in [0, 0.05) is 18.6 Å². The smallest absolute Gasteiger partial charge is 0.276 e. The summed E-state index contributed by atoms with van der Waals surface area (Å²) in [5.41, 5.74) is 0.248. The average molecular weight is 563 g/mol. The SMILES string of the molecule is CC(C)[C@@H]1C(=O)N(S(=O)(=O)C(C)C)[C@@H]2CCN(C(=O)c3coc(CN(C4CCCCC4)C4CCCCC4)n3)[C@H]21. The summed E-state index contributed by atoms with van der Waals surface area (Å²) in [5, 5.41) is -0.702. The molecule has 218 valence electrons. The molecule has 4 fully saturated rings. The van der Waals surface area contributed by atoms with Crippen LogP contribution in [0.5, 0.6) is 0 Å². The number of hydrogen-bond acceptors (Lipinski definition) is 7. The van der Waals surface area contributed by atoms with E-state index >= 15 is 0 Å². The van der Waals surface area contributed by atoms with E-state index in [1.54, 1.807) is 18.7 Å². The molecule has 2 saturated carbocycles. The normalized spacial score (nSPS) is 27.4. The topological polar surface area (TPSA) is 104 Å². The molecule has 2 aliphatic heterocycles. The van der Waals surface area contributed by atoms with Gasteiger partial charge in [-0.05, 0) is 51.9 Å². The molecule has 2 saturated heterocycles. The molecule has 2 amide bonds.